The molecule has 0 spiro atoms. The summed E-state index contributed by atoms with van der Waals surface area (Å²) in [4.78, 5) is 12.8. The van der Waals surface area contributed by atoms with Gasteiger partial charge in [-0.2, -0.15) is 0 Å². The molecule has 0 N–H and O–H groups in total. The van der Waals surface area contributed by atoms with E-state index in [4.69, 9.17) is 14.2 Å². The van der Waals surface area contributed by atoms with E-state index in [1.54, 1.807) is 0 Å². The molecule has 0 aliphatic rings. The van der Waals surface area contributed by atoms with Crippen molar-refractivity contribution < 1.29 is 14.2 Å². The number of nitrogens with zero attached hydrogens (tertiary/aromatic N) is 3. The first-order chi connectivity index (χ1) is 13.8. The number of hydrogen-bond donors (Lipinski definition) is 0. The summed E-state index contributed by atoms with van der Waals surface area (Å²) in [6.07, 6.45) is 0. The van der Waals surface area contributed by atoms with Gasteiger partial charge in [-0.15, -0.1) is 15.0 Å². The van der Waals surface area contributed by atoms with Gasteiger partial charge in [0.2, 0.25) is 0 Å². The third-order valence-electron chi connectivity index (χ3n) is 3.77. The fourth-order valence-electron chi connectivity index (χ4n) is 2.41. The van der Waals surface area contributed by atoms with Gasteiger partial charge < -0.3 is 14.2 Å². The van der Waals surface area contributed by atoms with Crippen LogP contribution in [-0.4, -0.2) is 15.0 Å². The summed E-state index contributed by atoms with van der Waals surface area (Å²) in [7, 11) is 0. The van der Waals surface area contributed by atoms with Crippen LogP contribution in [0.5, 0.6) is 35.3 Å². The Morgan fingerprint density at radius 3 is 1.43 bits per heavy atom. The summed E-state index contributed by atoms with van der Waals surface area (Å²) in [5.41, 5.74) is 0.957. The van der Waals surface area contributed by atoms with Gasteiger partial charge in [0.05, 0.1) is 0 Å². The molecule has 0 fully saturated rings. The van der Waals surface area contributed by atoms with E-state index < -0.39 is 0 Å². The summed E-state index contributed by atoms with van der Waals surface area (Å²) in [6.45, 7) is 1.94. The zero-order chi connectivity index (χ0) is 19.2. The molecule has 6 heteroatoms. The van der Waals surface area contributed by atoms with Crippen molar-refractivity contribution in [1.82, 2.24) is 15.0 Å². The molecule has 0 saturated heterocycles. The highest BCUT2D eigenvalue weighted by Crippen LogP contribution is 2.27. The zero-order valence-corrected chi connectivity index (χ0v) is 15.1. The minimum absolute atomic E-state index is 0.0794. The molecule has 0 amide bonds. The van der Waals surface area contributed by atoms with Gasteiger partial charge in [0, 0.05) is 0 Å². The lowest BCUT2D eigenvalue weighted by Crippen LogP contribution is -2.01. The normalized spacial score (nSPS) is 10.3. The van der Waals surface area contributed by atoms with Crippen LogP contribution in [0, 0.1) is 6.92 Å². The highest BCUT2D eigenvalue weighted by Gasteiger charge is 2.13. The molecule has 6 nitrogen and oxygen atoms in total. The van der Waals surface area contributed by atoms with Gasteiger partial charge in [0.25, 0.3) is 0 Å². The molecule has 3 aromatic carbocycles. The maximum Gasteiger partial charge on any atom is 0.331 e. The first-order valence-corrected chi connectivity index (χ1v) is 8.72. The quantitative estimate of drug-likeness (QED) is 0.442. The SMILES string of the molecule is Cc1ccccc1Oc1nc(Oc2ccccc2)nc(Oc2ccccc2)n1. The fraction of sp³-hybridized carbons (Fsp3) is 0.0455. The van der Waals surface area contributed by atoms with Crippen molar-refractivity contribution in [2.45, 2.75) is 6.92 Å². The molecule has 4 aromatic rings. The van der Waals surface area contributed by atoms with Crippen molar-refractivity contribution in [2.75, 3.05) is 0 Å². The van der Waals surface area contributed by atoms with Crippen LogP contribution in [0.1, 0.15) is 5.56 Å². The Morgan fingerprint density at radius 1 is 0.500 bits per heavy atom. The van der Waals surface area contributed by atoms with Crippen molar-refractivity contribution in [3.8, 4) is 35.3 Å². The average Bonchev–Trinajstić information content (AvgIpc) is 2.71. The van der Waals surface area contributed by atoms with Crippen LogP contribution in [0.3, 0.4) is 0 Å². The number of aromatic nitrogens is 3. The van der Waals surface area contributed by atoms with Gasteiger partial charge in [-0.1, -0.05) is 54.6 Å². The molecule has 0 atom stereocenters. The Labute approximate surface area is 162 Å². The van der Waals surface area contributed by atoms with E-state index in [0.717, 1.165) is 5.56 Å². The second-order valence-electron chi connectivity index (χ2n) is 5.88. The molecule has 0 aliphatic heterocycles. The second-order valence-corrected chi connectivity index (χ2v) is 5.88. The summed E-state index contributed by atoms with van der Waals surface area (Å²) in [6, 6.07) is 26.3. The highest BCUT2D eigenvalue weighted by atomic mass is 16.5. The number of aryl methyl sites for hydroxylation is 1. The van der Waals surface area contributed by atoms with Gasteiger partial charge in [-0.05, 0) is 42.8 Å². The molecule has 0 aliphatic carbocycles. The molecule has 1 aromatic heterocycles. The maximum absolute atomic E-state index is 5.84. The smallest absolute Gasteiger partial charge is 0.331 e. The number of hydrogen-bond acceptors (Lipinski definition) is 6. The van der Waals surface area contributed by atoms with Crippen molar-refractivity contribution in [1.29, 1.82) is 0 Å². The monoisotopic (exact) mass is 371 g/mol. The van der Waals surface area contributed by atoms with Gasteiger partial charge in [0.15, 0.2) is 0 Å². The van der Waals surface area contributed by atoms with Gasteiger partial charge in [-0.25, -0.2) is 0 Å². The van der Waals surface area contributed by atoms with Crippen LogP contribution in [0.15, 0.2) is 84.9 Å². The van der Waals surface area contributed by atoms with E-state index in [1.165, 1.54) is 0 Å². The summed E-state index contributed by atoms with van der Waals surface area (Å²) in [5.74, 6) is 1.84. The van der Waals surface area contributed by atoms with E-state index in [2.05, 4.69) is 15.0 Å². The largest absolute Gasteiger partial charge is 0.424 e. The lowest BCUT2D eigenvalue weighted by atomic mass is 10.2. The van der Waals surface area contributed by atoms with Crippen LogP contribution in [0.4, 0.5) is 0 Å². The van der Waals surface area contributed by atoms with Crippen LogP contribution in [0.25, 0.3) is 0 Å². The summed E-state index contributed by atoms with van der Waals surface area (Å²) >= 11 is 0. The Morgan fingerprint density at radius 2 is 0.929 bits per heavy atom. The molecule has 138 valence electrons. The number of ether oxygens (including phenoxy) is 3. The maximum atomic E-state index is 5.84. The van der Waals surface area contributed by atoms with E-state index in [0.29, 0.717) is 17.2 Å². The predicted octanol–water partition coefficient (Wildman–Crippen LogP) is 5.56. The van der Waals surface area contributed by atoms with Crippen molar-refractivity contribution in [2.24, 2.45) is 0 Å². The van der Waals surface area contributed by atoms with Gasteiger partial charge >= 0.3 is 18.0 Å². The second kappa shape index (κ2) is 8.18. The lowest BCUT2D eigenvalue weighted by Gasteiger charge is -2.10. The Balaban J connectivity index is 1.66. The van der Waals surface area contributed by atoms with Crippen molar-refractivity contribution in [3.63, 3.8) is 0 Å². The van der Waals surface area contributed by atoms with E-state index >= 15 is 0 Å². The minimum atomic E-state index is 0.0794. The van der Waals surface area contributed by atoms with Crippen molar-refractivity contribution >= 4 is 0 Å². The molecule has 28 heavy (non-hydrogen) atoms. The number of benzene rings is 3. The molecular formula is C22H17N3O3. The number of rotatable bonds is 6. The Kier molecular flexibility index (Phi) is 5.11. The molecule has 1 heterocycles. The zero-order valence-electron chi connectivity index (χ0n) is 15.1. The molecule has 0 unspecified atom stereocenters. The predicted molar refractivity (Wildman–Crippen MR) is 104 cm³/mol. The molecule has 0 saturated carbocycles. The standard InChI is InChI=1S/C22H17N3O3/c1-16-10-8-9-15-19(16)28-22-24-20(26-17-11-4-2-5-12-17)23-21(25-22)27-18-13-6-3-7-14-18/h2-15H,1H3. The third kappa shape index (κ3) is 4.42. The molecular weight excluding hydrogens is 354 g/mol. The highest BCUT2D eigenvalue weighted by molar-refractivity contribution is 5.34. The first-order valence-electron chi connectivity index (χ1n) is 8.72. The topological polar surface area (TPSA) is 66.4 Å². The van der Waals surface area contributed by atoms with Crippen LogP contribution in [-0.2, 0) is 0 Å². The molecule has 0 bridgehead atoms. The molecule has 0 radical (unpaired) electrons. The van der Waals surface area contributed by atoms with Crippen LogP contribution >= 0.6 is 0 Å². The van der Waals surface area contributed by atoms with E-state index in [-0.39, 0.29) is 18.0 Å². The van der Waals surface area contributed by atoms with Gasteiger partial charge in [0.1, 0.15) is 17.2 Å². The van der Waals surface area contributed by atoms with Crippen LogP contribution in [0.2, 0.25) is 0 Å². The van der Waals surface area contributed by atoms with Crippen LogP contribution < -0.4 is 14.2 Å². The third-order valence-corrected chi connectivity index (χ3v) is 3.77. The van der Waals surface area contributed by atoms with Crippen molar-refractivity contribution in [3.05, 3.63) is 90.5 Å². The van der Waals surface area contributed by atoms with Gasteiger partial charge in [-0.3, -0.25) is 0 Å². The fourth-order valence-corrected chi connectivity index (χ4v) is 2.41. The molecule has 4 rings (SSSR count). The Hall–Kier alpha value is -3.93. The summed E-state index contributed by atoms with van der Waals surface area (Å²) in [5, 5.41) is 0. The Bertz CT molecular complexity index is 997. The average molecular weight is 371 g/mol. The number of para-hydroxylation sites is 3. The minimum Gasteiger partial charge on any atom is -0.424 e. The van der Waals surface area contributed by atoms with E-state index in [1.807, 2.05) is 91.9 Å². The van der Waals surface area contributed by atoms with E-state index in [9.17, 15) is 0 Å². The first kappa shape index (κ1) is 17.5. The lowest BCUT2D eigenvalue weighted by molar-refractivity contribution is 0.361. The summed E-state index contributed by atoms with van der Waals surface area (Å²) < 4.78 is 17.3.